The molecule has 22 heavy (non-hydrogen) atoms. The molecular formula is C16H18N4O2. The van der Waals surface area contributed by atoms with Gasteiger partial charge in [-0.1, -0.05) is 30.3 Å². The largest absolute Gasteiger partial charge is 0.439 e. The number of nitrogens with zero attached hydrogens (tertiary/aromatic N) is 3. The maximum absolute atomic E-state index is 12.3. The van der Waals surface area contributed by atoms with Gasteiger partial charge in [-0.3, -0.25) is 9.58 Å². The van der Waals surface area contributed by atoms with E-state index in [9.17, 15) is 4.79 Å². The van der Waals surface area contributed by atoms with Gasteiger partial charge in [-0.2, -0.15) is 5.10 Å². The van der Waals surface area contributed by atoms with Crippen LogP contribution in [0.5, 0.6) is 0 Å². The van der Waals surface area contributed by atoms with Crippen molar-refractivity contribution in [1.82, 2.24) is 15.1 Å². The topological polar surface area (TPSA) is 59.4 Å². The van der Waals surface area contributed by atoms with Crippen molar-refractivity contribution in [1.29, 1.82) is 0 Å². The van der Waals surface area contributed by atoms with Crippen LogP contribution in [0.2, 0.25) is 0 Å². The molecule has 2 unspecified atom stereocenters. The van der Waals surface area contributed by atoms with E-state index in [0.29, 0.717) is 12.6 Å². The number of ether oxygens (including phenoxy) is 1. The Morgan fingerprint density at radius 3 is 2.91 bits per heavy atom. The summed E-state index contributed by atoms with van der Waals surface area (Å²) in [6, 6.07) is 10.2. The number of fused-ring (bicyclic) bond motifs is 1. The molecule has 1 fully saturated rings. The molecule has 6 heteroatoms. The van der Waals surface area contributed by atoms with Gasteiger partial charge in [-0.05, 0) is 12.5 Å². The van der Waals surface area contributed by atoms with Crippen LogP contribution in [0.4, 0.5) is 10.5 Å². The van der Waals surface area contributed by atoms with E-state index in [2.05, 4.69) is 17.3 Å². The molecule has 0 bridgehead atoms. The lowest BCUT2D eigenvalue weighted by molar-refractivity contribution is 0.142. The number of aromatic nitrogens is 2. The first-order chi connectivity index (χ1) is 10.7. The quantitative estimate of drug-likeness (QED) is 0.922. The van der Waals surface area contributed by atoms with E-state index in [1.165, 1.54) is 0 Å². The summed E-state index contributed by atoms with van der Waals surface area (Å²) in [6.45, 7) is 4.19. The monoisotopic (exact) mass is 298 g/mol. The van der Waals surface area contributed by atoms with Crippen LogP contribution in [0.25, 0.3) is 0 Å². The Morgan fingerprint density at radius 1 is 1.27 bits per heavy atom. The smallest absolute Gasteiger partial charge is 0.415 e. The number of hydrogen-bond donors (Lipinski definition) is 1. The number of anilines is 1. The van der Waals surface area contributed by atoms with Crippen LogP contribution >= 0.6 is 0 Å². The average molecular weight is 298 g/mol. The molecule has 4 rings (SSSR count). The molecule has 1 aromatic carbocycles. The third kappa shape index (κ3) is 2.16. The van der Waals surface area contributed by atoms with Crippen molar-refractivity contribution < 1.29 is 9.53 Å². The van der Waals surface area contributed by atoms with E-state index in [1.54, 1.807) is 11.1 Å². The molecule has 2 aliphatic heterocycles. The second kappa shape index (κ2) is 5.14. The number of carbonyl (C=O) groups is 1. The van der Waals surface area contributed by atoms with Crippen LogP contribution in [0.15, 0.2) is 36.5 Å². The Balaban J connectivity index is 1.60. The number of nitrogens with one attached hydrogen (secondary N) is 1. The average Bonchev–Trinajstić information content (AvgIpc) is 3.11. The van der Waals surface area contributed by atoms with Gasteiger partial charge in [-0.25, -0.2) is 4.79 Å². The highest BCUT2D eigenvalue weighted by Gasteiger charge is 2.36. The summed E-state index contributed by atoms with van der Waals surface area (Å²) in [7, 11) is 0. The molecule has 2 aliphatic rings. The van der Waals surface area contributed by atoms with E-state index in [0.717, 1.165) is 30.0 Å². The summed E-state index contributed by atoms with van der Waals surface area (Å²) in [5.74, 6) is 0. The molecule has 2 aromatic rings. The zero-order chi connectivity index (χ0) is 15.1. The minimum atomic E-state index is -0.303. The maximum atomic E-state index is 12.3. The van der Waals surface area contributed by atoms with Gasteiger partial charge in [0.15, 0.2) is 0 Å². The van der Waals surface area contributed by atoms with E-state index < -0.39 is 0 Å². The fraction of sp³-hybridized carbons (Fsp3) is 0.375. The number of hydrogen-bond acceptors (Lipinski definition) is 4. The summed E-state index contributed by atoms with van der Waals surface area (Å²) >= 11 is 0. The number of cyclic esters (lactones) is 1. The van der Waals surface area contributed by atoms with E-state index in [4.69, 9.17) is 4.74 Å². The van der Waals surface area contributed by atoms with E-state index >= 15 is 0 Å². The molecule has 1 amide bonds. The molecule has 0 aliphatic carbocycles. The lowest BCUT2D eigenvalue weighted by Crippen LogP contribution is -2.37. The Labute approximate surface area is 128 Å². The van der Waals surface area contributed by atoms with Crippen LogP contribution in [-0.2, 0) is 17.8 Å². The summed E-state index contributed by atoms with van der Waals surface area (Å²) in [5, 5.41) is 7.82. The SMILES string of the molecule is CC1Cn2ncc(N3CC(c4ccccc4)OC3=O)c2CN1. The first-order valence-corrected chi connectivity index (χ1v) is 7.53. The van der Waals surface area contributed by atoms with Crippen LogP contribution in [-0.4, -0.2) is 28.5 Å². The Hall–Kier alpha value is -2.34. The molecule has 0 radical (unpaired) electrons. The van der Waals surface area contributed by atoms with Crippen LogP contribution < -0.4 is 10.2 Å². The van der Waals surface area contributed by atoms with E-state index in [-0.39, 0.29) is 12.2 Å². The van der Waals surface area contributed by atoms with Crippen molar-refractivity contribution in [3.63, 3.8) is 0 Å². The fourth-order valence-electron chi connectivity index (χ4n) is 3.06. The number of carbonyl (C=O) groups excluding carboxylic acids is 1. The number of benzene rings is 1. The van der Waals surface area contributed by atoms with Crippen LogP contribution in [0, 0.1) is 0 Å². The molecule has 1 N–H and O–H groups in total. The molecule has 2 atom stereocenters. The molecule has 3 heterocycles. The molecule has 1 saturated heterocycles. The van der Waals surface area contributed by atoms with Crippen molar-refractivity contribution in [3.05, 3.63) is 47.8 Å². The van der Waals surface area contributed by atoms with Gasteiger partial charge < -0.3 is 10.1 Å². The second-order valence-corrected chi connectivity index (χ2v) is 5.83. The van der Waals surface area contributed by atoms with Crippen molar-refractivity contribution in [2.45, 2.75) is 32.2 Å². The first kappa shape index (κ1) is 13.3. The van der Waals surface area contributed by atoms with Gasteiger partial charge in [0.05, 0.1) is 30.7 Å². The summed E-state index contributed by atoms with van der Waals surface area (Å²) < 4.78 is 7.50. The first-order valence-electron chi connectivity index (χ1n) is 7.53. The molecule has 0 saturated carbocycles. The highest BCUT2D eigenvalue weighted by Crippen LogP contribution is 2.32. The summed E-state index contributed by atoms with van der Waals surface area (Å²) in [4.78, 5) is 13.9. The molecule has 114 valence electrons. The number of amides is 1. The molecule has 1 aromatic heterocycles. The van der Waals surface area contributed by atoms with E-state index in [1.807, 2.05) is 35.0 Å². The van der Waals surface area contributed by atoms with Gasteiger partial charge in [0.2, 0.25) is 0 Å². The minimum absolute atomic E-state index is 0.222. The Bertz CT molecular complexity index is 697. The van der Waals surface area contributed by atoms with Crippen molar-refractivity contribution >= 4 is 11.8 Å². The second-order valence-electron chi connectivity index (χ2n) is 5.83. The number of rotatable bonds is 2. The van der Waals surface area contributed by atoms with Crippen molar-refractivity contribution in [3.8, 4) is 0 Å². The predicted octanol–water partition coefficient (Wildman–Crippen LogP) is 2.07. The zero-order valence-corrected chi connectivity index (χ0v) is 12.4. The van der Waals surface area contributed by atoms with Gasteiger partial charge in [0, 0.05) is 12.6 Å². The van der Waals surface area contributed by atoms with Crippen molar-refractivity contribution in [2.24, 2.45) is 0 Å². The normalized spacial score (nSPS) is 24.2. The lowest BCUT2D eigenvalue weighted by Gasteiger charge is -2.23. The van der Waals surface area contributed by atoms with Crippen LogP contribution in [0.3, 0.4) is 0 Å². The maximum Gasteiger partial charge on any atom is 0.415 e. The highest BCUT2D eigenvalue weighted by atomic mass is 16.6. The summed E-state index contributed by atoms with van der Waals surface area (Å²) in [5.41, 5.74) is 2.91. The molecule has 6 nitrogen and oxygen atoms in total. The molecular weight excluding hydrogens is 280 g/mol. The van der Waals surface area contributed by atoms with Gasteiger partial charge >= 0.3 is 6.09 Å². The fourth-order valence-corrected chi connectivity index (χ4v) is 3.06. The zero-order valence-electron chi connectivity index (χ0n) is 12.4. The van der Waals surface area contributed by atoms with Gasteiger partial charge in [0.1, 0.15) is 6.10 Å². The minimum Gasteiger partial charge on any atom is -0.439 e. The van der Waals surface area contributed by atoms with Gasteiger partial charge in [-0.15, -0.1) is 0 Å². The van der Waals surface area contributed by atoms with Crippen LogP contribution in [0.1, 0.15) is 24.3 Å². The molecule has 0 spiro atoms. The third-order valence-corrected chi connectivity index (χ3v) is 4.27. The Morgan fingerprint density at radius 2 is 2.09 bits per heavy atom. The van der Waals surface area contributed by atoms with Gasteiger partial charge in [0.25, 0.3) is 0 Å². The standard InChI is InChI=1S/C16H18N4O2/c1-11-9-20-14(7-17-11)13(8-18-20)19-10-15(22-16(19)21)12-5-3-2-4-6-12/h2-6,8,11,15,17H,7,9-10H2,1H3. The Kier molecular flexibility index (Phi) is 3.11. The highest BCUT2D eigenvalue weighted by molar-refractivity contribution is 5.90. The third-order valence-electron chi connectivity index (χ3n) is 4.27. The summed E-state index contributed by atoms with van der Waals surface area (Å²) in [6.07, 6.45) is 1.24. The van der Waals surface area contributed by atoms with Crippen molar-refractivity contribution in [2.75, 3.05) is 11.4 Å². The lowest BCUT2D eigenvalue weighted by atomic mass is 10.1. The predicted molar refractivity (Wildman–Crippen MR) is 81.5 cm³/mol.